The molecule has 3 N–H and O–H groups in total. The Hall–Kier alpha value is -3.35. The Bertz CT molecular complexity index is 922. The fourth-order valence-electron chi connectivity index (χ4n) is 3.68. The van der Waals surface area contributed by atoms with Gasteiger partial charge in [-0.25, -0.2) is 0 Å². The fourth-order valence-corrected chi connectivity index (χ4v) is 3.68. The molecular formula is C22H23N3O4. The van der Waals surface area contributed by atoms with Gasteiger partial charge >= 0.3 is 5.97 Å². The number of ether oxygens (including phenoxy) is 1. The van der Waals surface area contributed by atoms with E-state index in [2.05, 4.69) is 39.9 Å². The number of hydrogen-bond donors (Lipinski definition) is 3. The van der Waals surface area contributed by atoms with E-state index in [1.54, 1.807) is 0 Å². The predicted octanol–water partition coefficient (Wildman–Crippen LogP) is 2.06. The summed E-state index contributed by atoms with van der Waals surface area (Å²) in [6.07, 6.45) is 0.342. The van der Waals surface area contributed by atoms with Crippen molar-refractivity contribution in [1.29, 1.82) is 0 Å². The number of carbonyl (C=O) groups excluding carboxylic acids is 1. The summed E-state index contributed by atoms with van der Waals surface area (Å²) in [5, 5.41) is 14.9. The summed E-state index contributed by atoms with van der Waals surface area (Å²) in [7, 11) is 0. The number of carbonyl (C=O) groups is 2. The molecule has 2 atom stereocenters. The quantitative estimate of drug-likeness (QED) is 0.669. The number of amidine groups is 1. The van der Waals surface area contributed by atoms with Gasteiger partial charge in [0.15, 0.2) is 0 Å². The Morgan fingerprint density at radius 1 is 1.07 bits per heavy atom. The standard InChI is InChI=1S/C22H23N3O4/c26-20(27)12-17-11-18(25-22(17)28)13-29-19-7-5-15(6-8-19)14-1-3-16(4-2-14)21-23-9-10-24-21/h1-8,17-18H,9-13H2,(H,23,24)(H,25,28)(H,26,27)/t17-,18-/m0/s1. The Labute approximate surface area is 168 Å². The summed E-state index contributed by atoms with van der Waals surface area (Å²) < 4.78 is 5.78. The number of benzene rings is 2. The van der Waals surface area contributed by atoms with Crippen LogP contribution in [0, 0.1) is 5.92 Å². The molecule has 2 aliphatic heterocycles. The summed E-state index contributed by atoms with van der Waals surface area (Å²) in [6.45, 7) is 2.04. The number of carboxylic acids is 1. The minimum atomic E-state index is -0.956. The van der Waals surface area contributed by atoms with E-state index >= 15 is 0 Å². The number of nitrogens with one attached hydrogen (secondary N) is 2. The number of hydrogen-bond acceptors (Lipinski definition) is 5. The van der Waals surface area contributed by atoms with Crippen LogP contribution in [-0.2, 0) is 9.59 Å². The van der Waals surface area contributed by atoms with Gasteiger partial charge in [0.2, 0.25) is 5.91 Å². The number of nitrogens with zero attached hydrogens (tertiary/aromatic N) is 1. The summed E-state index contributed by atoms with van der Waals surface area (Å²) in [6, 6.07) is 15.9. The van der Waals surface area contributed by atoms with E-state index in [4.69, 9.17) is 9.84 Å². The number of aliphatic imine (C=N–C) groups is 1. The predicted molar refractivity (Wildman–Crippen MR) is 109 cm³/mol. The van der Waals surface area contributed by atoms with E-state index in [-0.39, 0.29) is 18.4 Å². The van der Waals surface area contributed by atoms with Crippen LogP contribution in [-0.4, -0.2) is 48.6 Å². The van der Waals surface area contributed by atoms with Crippen LogP contribution in [0.1, 0.15) is 18.4 Å². The first-order valence-electron chi connectivity index (χ1n) is 9.72. The van der Waals surface area contributed by atoms with Crippen molar-refractivity contribution in [2.75, 3.05) is 19.7 Å². The van der Waals surface area contributed by atoms with E-state index in [0.29, 0.717) is 18.8 Å². The van der Waals surface area contributed by atoms with Crippen LogP contribution in [0.4, 0.5) is 0 Å². The van der Waals surface area contributed by atoms with Crippen molar-refractivity contribution in [2.45, 2.75) is 18.9 Å². The molecule has 2 aromatic rings. The topological polar surface area (TPSA) is 100 Å². The van der Waals surface area contributed by atoms with E-state index in [1.807, 2.05) is 24.3 Å². The first kappa shape index (κ1) is 19.0. The highest BCUT2D eigenvalue weighted by atomic mass is 16.5. The molecular weight excluding hydrogens is 370 g/mol. The molecule has 0 radical (unpaired) electrons. The average Bonchev–Trinajstić information content (AvgIpc) is 3.37. The zero-order valence-corrected chi connectivity index (χ0v) is 15.9. The lowest BCUT2D eigenvalue weighted by Crippen LogP contribution is -2.31. The molecule has 2 aliphatic rings. The van der Waals surface area contributed by atoms with Gasteiger partial charge in [-0.2, -0.15) is 0 Å². The van der Waals surface area contributed by atoms with Crippen LogP contribution in [0.3, 0.4) is 0 Å². The van der Waals surface area contributed by atoms with Crippen molar-refractivity contribution >= 4 is 17.7 Å². The Kier molecular flexibility index (Phi) is 5.46. The van der Waals surface area contributed by atoms with Crippen molar-refractivity contribution in [1.82, 2.24) is 10.6 Å². The molecule has 4 rings (SSSR count). The highest BCUT2D eigenvalue weighted by Crippen LogP contribution is 2.24. The van der Waals surface area contributed by atoms with E-state index in [1.165, 1.54) is 0 Å². The zero-order chi connectivity index (χ0) is 20.2. The van der Waals surface area contributed by atoms with Crippen LogP contribution in [0.2, 0.25) is 0 Å². The molecule has 2 aromatic carbocycles. The molecule has 1 saturated heterocycles. The number of amides is 1. The second-order valence-corrected chi connectivity index (χ2v) is 7.31. The number of aliphatic carboxylic acids is 1. The summed E-state index contributed by atoms with van der Waals surface area (Å²) in [5.74, 6) is 0.0222. The van der Waals surface area contributed by atoms with E-state index < -0.39 is 11.9 Å². The molecule has 0 aliphatic carbocycles. The van der Waals surface area contributed by atoms with E-state index in [0.717, 1.165) is 35.6 Å². The molecule has 0 saturated carbocycles. The van der Waals surface area contributed by atoms with Gasteiger partial charge in [-0.05, 0) is 29.7 Å². The minimum absolute atomic E-state index is 0.140. The van der Waals surface area contributed by atoms with Crippen molar-refractivity contribution in [3.63, 3.8) is 0 Å². The van der Waals surface area contributed by atoms with Crippen LogP contribution in [0.25, 0.3) is 11.1 Å². The summed E-state index contributed by atoms with van der Waals surface area (Å²) in [5.41, 5.74) is 3.28. The molecule has 29 heavy (non-hydrogen) atoms. The molecule has 0 aromatic heterocycles. The highest BCUT2D eigenvalue weighted by Gasteiger charge is 2.33. The lowest BCUT2D eigenvalue weighted by Gasteiger charge is -2.12. The van der Waals surface area contributed by atoms with Gasteiger partial charge in [0.1, 0.15) is 18.2 Å². The maximum Gasteiger partial charge on any atom is 0.304 e. The lowest BCUT2D eigenvalue weighted by atomic mass is 10.0. The first-order valence-corrected chi connectivity index (χ1v) is 9.72. The van der Waals surface area contributed by atoms with Crippen LogP contribution in [0.5, 0.6) is 5.75 Å². The van der Waals surface area contributed by atoms with Gasteiger partial charge in [-0.3, -0.25) is 14.6 Å². The smallest absolute Gasteiger partial charge is 0.304 e. The average molecular weight is 393 g/mol. The number of rotatable bonds is 7. The zero-order valence-electron chi connectivity index (χ0n) is 15.9. The van der Waals surface area contributed by atoms with Crippen LogP contribution in [0.15, 0.2) is 53.5 Å². The van der Waals surface area contributed by atoms with Crippen molar-refractivity contribution in [3.05, 3.63) is 54.1 Å². The van der Waals surface area contributed by atoms with Crippen LogP contribution >= 0.6 is 0 Å². The third kappa shape index (κ3) is 4.56. The van der Waals surface area contributed by atoms with Crippen molar-refractivity contribution < 1.29 is 19.4 Å². The molecule has 0 unspecified atom stereocenters. The molecule has 150 valence electrons. The van der Waals surface area contributed by atoms with Gasteiger partial charge < -0.3 is 20.5 Å². The third-order valence-corrected chi connectivity index (χ3v) is 5.18. The SMILES string of the molecule is O=C(O)C[C@@H]1C[C@@H](COc2ccc(-c3ccc(C4=NCCN4)cc3)cc2)NC1=O. The first-order chi connectivity index (χ1) is 14.1. The maximum atomic E-state index is 11.8. The van der Waals surface area contributed by atoms with Gasteiger partial charge in [0, 0.05) is 12.1 Å². The molecule has 1 fully saturated rings. The molecule has 7 heteroatoms. The lowest BCUT2D eigenvalue weighted by molar-refractivity contribution is -0.140. The fraction of sp³-hybridized carbons (Fsp3) is 0.318. The van der Waals surface area contributed by atoms with Crippen LogP contribution < -0.4 is 15.4 Å². The number of carboxylic acid groups (broad SMARTS) is 1. The summed E-state index contributed by atoms with van der Waals surface area (Å²) in [4.78, 5) is 27.0. The molecule has 0 spiro atoms. The second kappa shape index (κ2) is 8.34. The minimum Gasteiger partial charge on any atom is -0.491 e. The van der Waals surface area contributed by atoms with Gasteiger partial charge in [0.25, 0.3) is 0 Å². The molecule has 0 bridgehead atoms. The van der Waals surface area contributed by atoms with Crippen molar-refractivity contribution in [2.24, 2.45) is 10.9 Å². The second-order valence-electron chi connectivity index (χ2n) is 7.31. The molecule has 1 amide bonds. The Balaban J connectivity index is 1.32. The van der Waals surface area contributed by atoms with Gasteiger partial charge in [-0.15, -0.1) is 0 Å². The normalized spacial score (nSPS) is 20.7. The largest absolute Gasteiger partial charge is 0.491 e. The van der Waals surface area contributed by atoms with Crippen molar-refractivity contribution in [3.8, 4) is 16.9 Å². The Morgan fingerprint density at radius 3 is 2.34 bits per heavy atom. The third-order valence-electron chi connectivity index (χ3n) is 5.18. The van der Waals surface area contributed by atoms with E-state index in [9.17, 15) is 9.59 Å². The van der Waals surface area contributed by atoms with Gasteiger partial charge in [0.05, 0.1) is 24.9 Å². The monoisotopic (exact) mass is 393 g/mol. The molecule has 7 nitrogen and oxygen atoms in total. The highest BCUT2D eigenvalue weighted by molar-refractivity contribution is 6.00. The summed E-state index contributed by atoms with van der Waals surface area (Å²) >= 11 is 0. The van der Waals surface area contributed by atoms with Gasteiger partial charge in [-0.1, -0.05) is 36.4 Å². The Morgan fingerprint density at radius 2 is 1.72 bits per heavy atom. The molecule has 2 heterocycles. The maximum absolute atomic E-state index is 11.8.